The molecule has 3 rings (SSSR count). The summed E-state index contributed by atoms with van der Waals surface area (Å²) in [6.45, 7) is 0. The lowest BCUT2D eigenvalue weighted by Gasteiger charge is -2.21. The van der Waals surface area contributed by atoms with E-state index in [4.69, 9.17) is 4.74 Å². The Morgan fingerprint density at radius 3 is 2.54 bits per heavy atom. The Bertz CT molecular complexity index is 736. The number of hydrogen-bond donors (Lipinski definition) is 0. The van der Waals surface area contributed by atoms with Crippen LogP contribution in [0.15, 0.2) is 35.7 Å². The molecule has 0 unspecified atom stereocenters. The molecule has 0 saturated carbocycles. The standard InChI is InChI=1S/C19H21NO3S/c1-20(2)18(21)17(13-8-4-3-5-9-13)23-19(22)15-12-24-16-11-7-6-10-14(15)16/h3-5,8-9,12,17H,6-7,10-11H2,1-2H3/t17-/m0/s1. The van der Waals surface area contributed by atoms with E-state index in [2.05, 4.69) is 0 Å². The number of esters is 1. The van der Waals surface area contributed by atoms with Crippen molar-refractivity contribution in [3.05, 3.63) is 57.3 Å². The van der Waals surface area contributed by atoms with Gasteiger partial charge in [-0.1, -0.05) is 30.3 Å². The molecule has 1 aromatic carbocycles. The zero-order valence-electron chi connectivity index (χ0n) is 14.0. The second-order valence-corrected chi connectivity index (χ2v) is 7.15. The van der Waals surface area contributed by atoms with Gasteiger partial charge < -0.3 is 9.64 Å². The van der Waals surface area contributed by atoms with Crippen LogP contribution in [-0.2, 0) is 22.4 Å². The van der Waals surface area contributed by atoms with Crippen molar-refractivity contribution in [2.45, 2.75) is 31.8 Å². The first kappa shape index (κ1) is 16.7. The molecular formula is C19H21NO3S. The van der Waals surface area contributed by atoms with Crippen LogP contribution in [0.3, 0.4) is 0 Å². The number of rotatable bonds is 4. The maximum absolute atomic E-state index is 12.7. The maximum Gasteiger partial charge on any atom is 0.340 e. The van der Waals surface area contributed by atoms with Gasteiger partial charge in [-0.3, -0.25) is 4.79 Å². The van der Waals surface area contributed by atoms with Crippen LogP contribution in [-0.4, -0.2) is 30.9 Å². The topological polar surface area (TPSA) is 46.6 Å². The monoisotopic (exact) mass is 343 g/mol. The second kappa shape index (κ2) is 7.18. The van der Waals surface area contributed by atoms with E-state index in [9.17, 15) is 9.59 Å². The van der Waals surface area contributed by atoms with E-state index < -0.39 is 12.1 Å². The SMILES string of the molecule is CN(C)C(=O)[C@@H](OC(=O)c1csc2c1CCCC2)c1ccccc1. The average Bonchev–Trinajstić information content (AvgIpc) is 3.04. The van der Waals surface area contributed by atoms with Gasteiger partial charge in [0.1, 0.15) is 0 Å². The van der Waals surface area contributed by atoms with Gasteiger partial charge in [-0.15, -0.1) is 11.3 Å². The average molecular weight is 343 g/mol. The van der Waals surface area contributed by atoms with E-state index >= 15 is 0 Å². The van der Waals surface area contributed by atoms with Gasteiger partial charge in [0, 0.05) is 29.9 Å². The molecule has 1 aromatic heterocycles. The quantitative estimate of drug-likeness (QED) is 0.797. The number of ether oxygens (including phenoxy) is 1. The van der Waals surface area contributed by atoms with Gasteiger partial charge in [0.2, 0.25) is 6.10 Å². The van der Waals surface area contributed by atoms with Gasteiger partial charge in [-0.05, 0) is 31.2 Å². The Labute approximate surface area is 146 Å². The number of nitrogens with zero attached hydrogens (tertiary/aromatic N) is 1. The summed E-state index contributed by atoms with van der Waals surface area (Å²) in [4.78, 5) is 27.9. The summed E-state index contributed by atoms with van der Waals surface area (Å²) >= 11 is 1.62. The van der Waals surface area contributed by atoms with Crippen LogP contribution in [0.4, 0.5) is 0 Å². The van der Waals surface area contributed by atoms with Crippen LogP contribution in [0.1, 0.15) is 45.3 Å². The first-order valence-corrected chi connectivity index (χ1v) is 9.02. The summed E-state index contributed by atoms with van der Waals surface area (Å²) in [5, 5.41) is 1.88. The highest BCUT2D eigenvalue weighted by Gasteiger charge is 2.29. The van der Waals surface area contributed by atoms with Crippen molar-refractivity contribution in [1.82, 2.24) is 4.90 Å². The number of benzene rings is 1. The number of amides is 1. The van der Waals surface area contributed by atoms with Crippen molar-refractivity contribution < 1.29 is 14.3 Å². The summed E-state index contributed by atoms with van der Waals surface area (Å²) < 4.78 is 5.65. The number of aryl methyl sites for hydroxylation is 1. The summed E-state index contributed by atoms with van der Waals surface area (Å²) in [6.07, 6.45) is 3.32. The van der Waals surface area contributed by atoms with Crippen molar-refractivity contribution in [3.63, 3.8) is 0 Å². The van der Waals surface area contributed by atoms with Gasteiger partial charge in [0.15, 0.2) is 0 Å². The van der Waals surface area contributed by atoms with E-state index in [1.54, 1.807) is 25.4 Å². The third-order valence-corrected chi connectivity index (χ3v) is 5.36. The lowest BCUT2D eigenvalue weighted by Crippen LogP contribution is -2.31. The Balaban J connectivity index is 1.86. The normalized spacial score (nSPS) is 14.6. The van der Waals surface area contributed by atoms with E-state index in [1.165, 1.54) is 16.2 Å². The number of carbonyl (C=O) groups is 2. The first-order valence-electron chi connectivity index (χ1n) is 8.14. The van der Waals surface area contributed by atoms with Crippen molar-refractivity contribution in [2.75, 3.05) is 14.1 Å². The van der Waals surface area contributed by atoms with Gasteiger partial charge >= 0.3 is 5.97 Å². The fraction of sp³-hybridized carbons (Fsp3) is 0.368. The lowest BCUT2D eigenvalue weighted by molar-refractivity contribution is -0.138. The van der Waals surface area contributed by atoms with Crippen molar-refractivity contribution in [1.29, 1.82) is 0 Å². The Morgan fingerprint density at radius 2 is 1.83 bits per heavy atom. The summed E-state index contributed by atoms with van der Waals surface area (Å²) in [6, 6.07) is 9.17. The van der Waals surface area contributed by atoms with Gasteiger partial charge in [-0.2, -0.15) is 0 Å². The second-order valence-electron chi connectivity index (χ2n) is 6.19. The molecule has 24 heavy (non-hydrogen) atoms. The molecule has 0 saturated heterocycles. The van der Waals surface area contributed by atoms with Crippen LogP contribution in [0.25, 0.3) is 0 Å². The predicted octanol–water partition coefficient (Wildman–Crippen LogP) is 3.61. The molecule has 126 valence electrons. The van der Waals surface area contributed by atoms with E-state index in [-0.39, 0.29) is 5.91 Å². The zero-order valence-corrected chi connectivity index (χ0v) is 14.8. The van der Waals surface area contributed by atoms with Crippen LogP contribution in [0, 0.1) is 0 Å². The molecule has 1 aliphatic carbocycles. The Morgan fingerprint density at radius 1 is 1.12 bits per heavy atom. The summed E-state index contributed by atoms with van der Waals surface area (Å²) in [5.74, 6) is -0.642. The highest BCUT2D eigenvalue weighted by molar-refractivity contribution is 7.10. The van der Waals surface area contributed by atoms with Crippen LogP contribution < -0.4 is 0 Å². The van der Waals surface area contributed by atoms with Gasteiger partial charge in [0.05, 0.1) is 5.56 Å². The third kappa shape index (κ3) is 3.36. The van der Waals surface area contributed by atoms with E-state index in [0.29, 0.717) is 11.1 Å². The third-order valence-electron chi connectivity index (χ3n) is 4.27. The van der Waals surface area contributed by atoms with Crippen molar-refractivity contribution >= 4 is 23.2 Å². The van der Waals surface area contributed by atoms with Gasteiger partial charge in [0.25, 0.3) is 5.91 Å². The molecule has 0 fully saturated rings. The van der Waals surface area contributed by atoms with E-state index in [1.807, 2.05) is 35.7 Å². The molecule has 0 spiro atoms. The minimum atomic E-state index is -0.909. The van der Waals surface area contributed by atoms with E-state index in [0.717, 1.165) is 24.8 Å². The molecule has 0 radical (unpaired) electrons. The smallest absolute Gasteiger partial charge is 0.340 e. The zero-order chi connectivity index (χ0) is 17.1. The number of likely N-dealkylation sites (N-methyl/N-ethyl adjacent to an activating group) is 1. The maximum atomic E-state index is 12.7. The summed E-state index contributed by atoms with van der Waals surface area (Å²) in [7, 11) is 3.33. The van der Waals surface area contributed by atoms with Crippen molar-refractivity contribution in [3.8, 4) is 0 Å². The summed E-state index contributed by atoms with van der Waals surface area (Å²) in [5.41, 5.74) is 2.43. The number of carbonyl (C=O) groups excluding carboxylic acids is 2. The van der Waals surface area contributed by atoms with Crippen LogP contribution >= 0.6 is 11.3 Å². The fourth-order valence-corrected chi connectivity index (χ4v) is 4.07. The molecule has 1 amide bonds. The molecule has 0 bridgehead atoms. The molecule has 0 N–H and O–H groups in total. The lowest BCUT2D eigenvalue weighted by atomic mass is 9.96. The molecular weight excluding hydrogens is 322 g/mol. The molecule has 1 aliphatic rings. The van der Waals surface area contributed by atoms with Gasteiger partial charge in [-0.25, -0.2) is 4.79 Å². The Kier molecular flexibility index (Phi) is 5.00. The molecule has 1 atom stereocenters. The number of thiophene rings is 1. The highest BCUT2D eigenvalue weighted by atomic mass is 32.1. The van der Waals surface area contributed by atoms with Crippen LogP contribution in [0.5, 0.6) is 0 Å². The molecule has 2 aromatic rings. The van der Waals surface area contributed by atoms with Crippen LogP contribution in [0.2, 0.25) is 0 Å². The minimum absolute atomic E-state index is 0.237. The largest absolute Gasteiger partial charge is 0.444 e. The fourth-order valence-electron chi connectivity index (χ4n) is 2.96. The van der Waals surface area contributed by atoms with Crippen molar-refractivity contribution in [2.24, 2.45) is 0 Å². The highest BCUT2D eigenvalue weighted by Crippen LogP contribution is 2.32. The number of hydrogen-bond acceptors (Lipinski definition) is 4. The molecule has 5 heteroatoms. The molecule has 4 nitrogen and oxygen atoms in total. The molecule has 1 heterocycles. The Hall–Kier alpha value is -2.14. The predicted molar refractivity (Wildman–Crippen MR) is 94.3 cm³/mol. The minimum Gasteiger partial charge on any atom is -0.444 e. The first-order chi connectivity index (χ1) is 11.6. The molecule has 0 aliphatic heterocycles. The number of fused-ring (bicyclic) bond motifs is 1.